The van der Waals surface area contributed by atoms with E-state index in [2.05, 4.69) is 10.3 Å². The Kier molecular flexibility index (Phi) is 4.56. The average Bonchev–Trinajstić information content (AvgIpc) is 3.16. The summed E-state index contributed by atoms with van der Waals surface area (Å²) in [7, 11) is 0. The second-order valence-electron chi connectivity index (χ2n) is 5.26. The highest BCUT2D eigenvalue weighted by Crippen LogP contribution is 2.35. The number of aliphatic imine (C=N–C) groups is 1. The fourth-order valence-corrected chi connectivity index (χ4v) is 2.43. The lowest BCUT2D eigenvalue weighted by Crippen LogP contribution is -2.17. The van der Waals surface area contributed by atoms with Gasteiger partial charge in [0.15, 0.2) is 0 Å². The molecule has 1 aliphatic heterocycles. The van der Waals surface area contributed by atoms with Crippen molar-refractivity contribution in [3.05, 3.63) is 73.8 Å². The minimum absolute atomic E-state index is 0.00678. The van der Waals surface area contributed by atoms with E-state index in [-0.39, 0.29) is 29.3 Å². The smallest absolute Gasteiger partial charge is 0.300 e. The van der Waals surface area contributed by atoms with Crippen molar-refractivity contribution in [3.63, 3.8) is 0 Å². The summed E-state index contributed by atoms with van der Waals surface area (Å²) in [5.74, 6) is -0.581. The predicted molar refractivity (Wildman–Crippen MR) is 91.5 cm³/mol. The van der Waals surface area contributed by atoms with E-state index in [4.69, 9.17) is 4.74 Å². The van der Waals surface area contributed by atoms with E-state index in [1.165, 1.54) is 12.1 Å². The Morgan fingerprint density at radius 3 is 2.42 bits per heavy atom. The van der Waals surface area contributed by atoms with Crippen molar-refractivity contribution in [1.29, 1.82) is 0 Å². The van der Waals surface area contributed by atoms with Crippen molar-refractivity contribution in [2.75, 3.05) is 18.5 Å². The zero-order valence-corrected chi connectivity index (χ0v) is 13.2. The first kappa shape index (κ1) is 17.0. The first-order chi connectivity index (χ1) is 12.5. The van der Waals surface area contributed by atoms with Crippen LogP contribution in [0.2, 0.25) is 0 Å². The van der Waals surface area contributed by atoms with Crippen LogP contribution in [0.4, 0.5) is 17.1 Å². The molecule has 3 rings (SSSR count). The van der Waals surface area contributed by atoms with Gasteiger partial charge in [-0.15, -0.1) is 0 Å². The van der Waals surface area contributed by atoms with Gasteiger partial charge in [0.2, 0.25) is 5.90 Å². The van der Waals surface area contributed by atoms with Crippen LogP contribution in [0.1, 0.15) is 15.9 Å². The van der Waals surface area contributed by atoms with Crippen LogP contribution in [0.25, 0.3) is 0 Å². The van der Waals surface area contributed by atoms with Crippen LogP contribution < -0.4 is 5.32 Å². The zero-order valence-electron chi connectivity index (χ0n) is 13.2. The largest absolute Gasteiger partial charge is 0.475 e. The summed E-state index contributed by atoms with van der Waals surface area (Å²) < 4.78 is 5.29. The van der Waals surface area contributed by atoms with Gasteiger partial charge in [0.25, 0.3) is 17.3 Å². The van der Waals surface area contributed by atoms with Crippen LogP contribution in [0.15, 0.2) is 47.5 Å². The van der Waals surface area contributed by atoms with Gasteiger partial charge in [-0.1, -0.05) is 18.2 Å². The molecule has 1 heterocycles. The van der Waals surface area contributed by atoms with Gasteiger partial charge >= 0.3 is 0 Å². The first-order valence-corrected chi connectivity index (χ1v) is 7.48. The molecule has 2 aromatic rings. The lowest BCUT2D eigenvalue weighted by atomic mass is 10.1. The third kappa shape index (κ3) is 3.34. The molecule has 1 aliphatic rings. The van der Waals surface area contributed by atoms with Gasteiger partial charge < -0.3 is 10.1 Å². The van der Waals surface area contributed by atoms with Crippen LogP contribution in [0, 0.1) is 20.2 Å². The third-order valence-corrected chi connectivity index (χ3v) is 3.60. The molecule has 10 nitrogen and oxygen atoms in total. The molecular formula is C16H12N4O6. The molecule has 0 fully saturated rings. The summed E-state index contributed by atoms with van der Waals surface area (Å²) in [4.78, 5) is 37.5. The van der Waals surface area contributed by atoms with Crippen molar-refractivity contribution in [2.24, 2.45) is 4.99 Å². The van der Waals surface area contributed by atoms with Crippen molar-refractivity contribution >= 4 is 28.9 Å². The molecule has 0 aromatic heterocycles. The van der Waals surface area contributed by atoms with E-state index in [0.29, 0.717) is 6.54 Å². The standard InChI is InChI=1S/C16H12N4O6/c21-15(10-4-2-1-3-5-10)18-14-12(16-17-6-7-26-16)8-11(19(22)23)9-13(14)20(24)25/h1-5,8-9H,6-7H2,(H,18,21). The highest BCUT2D eigenvalue weighted by atomic mass is 16.6. The maximum absolute atomic E-state index is 12.4. The van der Waals surface area contributed by atoms with E-state index in [0.717, 1.165) is 12.1 Å². The summed E-state index contributed by atoms with van der Waals surface area (Å²) in [5, 5.41) is 25.0. The number of nitro benzene ring substituents is 2. The van der Waals surface area contributed by atoms with Gasteiger partial charge in [0, 0.05) is 11.6 Å². The fraction of sp³-hybridized carbons (Fsp3) is 0.125. The van der Waals surface area contributed by atoms with Crippen molar-refractivity contribution in [2.45, 2.75) is 0 Å². The topological polar surface area (TPSA) is 137 Å². The number of hydrogen-bond donors (Lipinski definition) is 1. The summed E-state index contributed by atoms with van der Waals surface area (Å²) in [5.41, 5.74) is -1.04. The molecular weight excluding hydrogens is 344 g/mol. The molecule has 10 heteroatoms. The van der Waals surface area contributed by atoms with E-state index in [9.17, 15) is 25.0 Å². The van der Waals surface area contributed by atoms with Gasteiger partial charge in [-0.25, -0.2) is 4.99 Å². The molecule has 26 heavy (non-hydrogen) atoms. The third-order valence-electron chi connectivity index (χ3n) is 3.60. The van der Waals surface area contributed by atoms with Crippen LogP contribution >= 0.6 is 0 Å². The Morgan fingerprint density at radius 1 is 1.12 bits per heavy atom. The summed E-state index contributed by atoms with van der Waals surface area (Å²) in [6.45, 7) is 0.565. The molecule has 1 amide bonds. The van der Waals surface area contributed by atoms with Gasteiger partial charge in [-0.2, -0.15) is 0 Å². The van der Waals surface area contributed by atoms with Crippen molar-refractivity contribution in [3.8, 4) is 0 Å². The monoisotopic (exact) mass is 356 g/mol. The zero-order chi connectivity index (χ0) is 18.7. The fourth-order valence-electron chi connectivity index (χ4n) is 2.43. The van der Waals surface area contributed by atoms with Gasteiger partial charge in [0.05, 0.1) is 28.0 Å². The molecule has 0 saturated carbocycles. The van der Waals surface area contributed by atoms with Crippen molar-refractivity contribution in [1.82, 2.24) is 0 Å². The molecule has 2 aromatic carbocycles. The Balaban J connectivity index is 2.13. The van der Waals surface area contributed by atoms with E-state index in [1.807, 2.05) is 0 Å². The molecule has 1 N–H and O–H groups in total. The number of amides is 1. The SMILES string of the molecule is O=C(Nc1c(C2=NCCO2)cc([N+](=O)[O-])cc1[N+](=O)[O-])c1ccccc1. The van der Waals surface area contributed by atoms with Crippen LogP contribution in [0.5, 0.6) is 0 Å². The Bertz CT molecular complexity index is 926. The highest BCUT2D eigenvalue weighted by molar-refractivity contribution is 6.11. The van der Waals surface area contributed by atoms with Crippen LogP contribution in [-0.2, 0) is 4.74 Å². The number of benzene rings is 2. The molecule has 0 spiro atoms. The van der Waals surface area contributed by atoms with Gasteiger partial charge in [-0.3, -0.25) is 25.0 Å². The quantitative estimate of drug-likeness (QED) is 0.645. The summed E-state index contributed by atoms with van der Waals surface area (Å²) >= 11 is 0. The number of nitrogens with zero attached hydrogens (tertiary/aromatic N) is 3. The second-order valence-corrected chi connectivity index (χ2v) is 5.26. The number of anilines is 1. The number of non-ortho nitro benzene ring substituents is 1. The van der Waals surface area contributed by atoms with E-state index in [1.54, 1.807) is 18.2 Å². The number of nitrogens with one attached hydrogen (secondary N) is 1. The molecule has 0 unspecified atom stereocenters. The normalized spacial score (nSPS) is 12.8. The molecule has 0 radical (unpaired) electrons. The number of rotatable bonds is 5. The molecule has 0 atom stereocenters. The Labute approximate surface area is 146 Å². The minimum Gasteiger partial charge on any atom is -0.475 e. The highest BCUT2D eigenvalue weighted by Gasteiger charge is 2.29. The molecule has 132 valence electrons. The second kappa shape index (κ2) is 6.97. The maximum atomic E-state index is 12.4. The molecule has 0 saturated heterocycles. The maximum Gasteiger partial charge on any atom is 0.300 e. The van der Waals surface area contributed by atoms with Gasteiger partial charge in [0.1, 0.15) is 12.3 Å². The van der Waals surface area contributed by atoms with Gasteiger partial charge in [-0.05, 0) is 12.1 Å². The number of nitro groups is 2. The van der Waals surface area contributed by atoms with Crippen molar-refractivity contribution < 1.29 is 19.4 Å². The number of hydrogen-bond acceptors (Lipinski definition) is 7. The van der Waals surface area contributed by atoms with Crippen LogP contribution in [0.3, 0.4) is 0 Å². The lowest BCUT2D eigenvalue weighted by molar-refractivity contribution is -0.393. The Morgan fingerprint density at radius 2 is 1.85 bits per heavy atom. The van der Waals surface area contributed by atoms with E-state index >= 15 is 0 Å². The Hall–Kier alpha value is -3.82. The minimum atomic E-state index is -0.799. The first-order valence-electron chi connectivity index (χ1n) is 7.48. The lowest BCUT2D eigenvalue weighted by Gasteiger charge is -2.11. The summed E-state index contributed by atoms with van der Waals surface area (Å²) in [6.07, 6.45) is 0. The van der Waals surface area contributed by atoms with Crippen LogP contribution in [-0.4, -0.2) is 34.8 Å². The molecule has 0 bridgehead atoms. The predicted octanol–water partition coefficient (Wildman–Crippen LogP) is 2.53. The number of carbonyl (C=O) groups excluding carboxylic acids is 1. The average molecular weight is 356 g/mol. The van der Waals surface area contributed by atoms with E-state index < -0.39 is 27.1 Å². The molecule has 0 aliphatic carbocycles. The number of ether oxygens (including phenoxy) is 1. The number of carbonyl (C=O) groups is 1. The summed E-state index contributed by atoms with van der Waals surface area (Å²) in [6, 6.07) is 9.97.